The lowest BCUT2D eigenvalue weighted by Gasteiger charge is -2.34. The van der Waals surface area contributed by atoms with Crippen molar-refractivity contribution in [1.29, 1.82) is 0 Å². The molecule has 2 N–H and O–H groups in total. The van der Waals surface area contributed by atoms with Crippen molar-refractivity contribution in [1.82, 2.24) is 4.90 Å². The minimum Gasteiger partial charge on any atom is -0.494 e. The highest BCUT2D eigenvalue weighted by Gasteiger charge is 2.31. The molecule has 0 aliphatic carbocycles. The molecule has 0 aromatic heterocycles. The zero-order valence-corrected chi connectivity index (χ0v) is 13.4. The lowest BCUT2D eigenvalue weighted by atomic mass is 10.0. The largest absolute Gasteiger partial charge is 0.494 e. The Balaban J connectivity index is 2.05. The van der Waals surface area contributed by atoms with E-state index in [9.17, 15) is 0 Å². The van der Waals surface area contributed by atoms with Crippen LogP contribution in [-0.4, -0.2) is 43.9 Å². The van der Waals surface area contributed by atoms with E-state index in [0.29, 0.717) is 12.6 Å². The summed E-state index contributed by atoms with van der Waals surface area (Å²) in [5.74, 6) is 0.927. The van der Waals surface area contributed by atoms with Crippen LogP contribution in [0.4, 0.5) is 0 Å². The number of ether oxygens (including phenoxy) is 2. The van der Waals surface area contributed by atoms with Gasteiger partial charge >= 0.3 is 0 Å². The predicted molar refractivity (Wildman–Crippen MR) is 85.6 cm³/mol. The number of nitrogens with zero attached hydrogens (tertiary/aromatic N) is 1. The lowest BCUT2D eigenvalue weighted by molar-refractivity contribution is 0.0686. The van der Waals surface area contributed by atoms with Crippen molar-refractivity contribution in [3.8, 4) is 5.75 Å². The van der Waals surface area contributed by atoms with E-state index < -0.39 is 0 Å². The molecule has 4 heteroatoms. The van der Waals surface area contributed by atoms with E-state index in [1.165, 1.54) is 5.56 Å². The number of benzene rings is 1. The maximum absolute atomic E-state index is 6.02. The molecule has 3 atom stereocenters. The van der Waals surface area contributed by atoms with Crippen LogP contribution < -0.4 is 10.5 Å². The SMILES string of the molecule is CCCOc1ccc(C(CN)N(C)C2CCOC2C)cc1. The molecule has 1 fully saturated rings. The van der Waals surface area contributed by atoms with Crippen LogP contribution in [0.15, 0.2) is 24.3 Å². The Hall–Kier alpha value is -1.10. The van der Waals surface area contributed by atoms with E-state index >= 15 is 0 Å². The first kappa shape index (κ1) is 16.3. The number of likely N-dealkylation sites (N-methyl/N-ethyl adjacent to an activating group) is 1. The summed E-state index contributed by atoms with van der Waals surface area (Å²) in [7, 11) is 2.15. The van der Waals surface area contributed by atoms with Gasteiger partial charge in [-0.3, -0.25) is 4.90 Å². The van der Waals surface area contributed by atoms with E-state index in [4.69, 9.17) is 15.2 Å². The third-order valence-electron chi connectivity index (χ3n) is 4.31. The van der Waals surface area contributed by atoms with E-state index in [-0.39, 0.29) is 12.1 Å². The molecule has 21 heavy (non-hydrogen) atoms. The van der Waals surface area contributed by atoms with Crippen LogP contribution >= 0.6 is 0 Å². The molecule has 0 radical (unpaired) electrons. The van der Waals surface area contributed by atoms with E-state index in [2.05, 4.69) is 37.9 Å². The van der Waals surface area contributed by atoms with Gasteiger partial charge in [-0.2, -0.15) is 0 Å². The summed E-state index contributed by atoms with van der Waals surface area (Å²) in [5.41, 5.74) is 7.26. The van der Waals surface area contributed by atoms with Crippen molar-refractivity contribution < 1.29 is 9.47 Å². The molecule has 1 aliphatic rings. The van der Waals surface area contributed by atoms with Crippen LogP contribution in [0.1, 0.15) is 38.3 Å². The first-order valence-corrected chi connectivity index (χ1v) is 7.93. The number of hydrogen-bond donors (Lipinski definition) is 1. The normalized spacial score (nSPS) is 23.5. The van der Waals surface area contributed by atoms with Crippen molar-refractivity contribution in [3.05, 3.63) is 29.8 Å². The second-order valence-electron chi connectivity index (χ2n) is 5.77. The topological polar surface area (TPSA) is 47.7 Å². The Morgan fingerprint density at radius 1 is 1.38 bits per heavy atom. The summed E-state index contributed by atoms with van der Waals surface area (Å²) >= 11 is 0. The van der Waals surface area contributed by atoms with Crippen molar-refractivity contribution in [2.75, 3.05) is 26.8 Å². The van der Waals surface area contributed by atoms with Crippen LogP contribution in [-0.2, 0) is 4.74 Å². The minimum atomic E-state index is 0.222. The van der Waals surface area contributed by atoms with Gasteiger partial charge in [-0.25, -0.2) is 0 Å². The Morgan fingerprint density at radius 2 is 2.10 bits per heavy atom. The molecule has 0 amide bonds. The number of rotatable bonds is 7. The van der Waals surface area contributed by atoms with Gasteiger partial charge in [0.25, 0.3) is 0 Å². The summed E-state index contributed by atoms with van der Waals surface area (Å²) in [6.07, 6.45) is 2.37. The molecule has 0 spiro atoms. The van der Waals surface area contributed by atoms with Crippen LogP contribution in [0.3, 0.4) is 0 Å². The van der Waals surface area contributed by atoms with Gasteiger partial charge < -0.3 is 15.2 Å². The zero-order chi connectivity index (χ0) is 15.2. The standard InChI is InChI=1S/C17H28N2O2/c1-4-10-21-15-7-5-14(6-8-15)17(12-18)19(3)16-9-11-20-13(16)2/h5-8,13,16-17H,4,9-12,18H2,1-3H3. The predicted octanol–water partition coefficient (Wildman–Crippen LogP) is 2.58. The van der Waals surface area contributed by atoms with Crippen molar-refractivity contribution >= 4 is 0 Å². The maximum atomic E-state index is 6.02. The molecular weight excluding hydrogens is 264 g/mol. The number of nitrogens with two attached hydrogens (primary N) is 1. The molecule has 0 saturated carbocycles. The van der Waals surface area contributed by atoms with E-state index in [1.54, 1.807) is 0 Å². The fraction of sp³-hybridized carbons (Fsp3) is 0.647. The molecule has 3 unspecified atom stereocenters. The average molecular weight is 292 g/mol. The molecule has 2 rings (SSSR count). The summed E-state index contributed by atoms with van der Waals surface area (Å²) in [4.78, 5) is 2.36. The summed E-state index contributed by atoms with van der Waals surface area (Å²) in [5, 5.41) is 0. The Bertz CT molecular complexity index is 421. The molecular formula is C17H28N2O2. The first-order valence-electron chi connectivity index (χ1n) is 7.93. The van der Waals surface area contributed by atoms with Crippen LogP contribution in [0.5, 0.6) is 5.75 Å². The second kappa shape index (κ2) is 7.78. The highest BCUT2D eigenvalue weighted by atomic mass is 16.5. The Kier molecular flexibility index (Phi) is 6.03. The van der Waals surface area contributed by atoms with Crippen molar-refractivity contribution in [2.45, 2.75) is 44.9 Å². The summed E-state index contributed by atoms with van der Waals surface area (Å²) in [6, 6.07) is 8.99. The smallest absolute Gasteiger partial charge is 0.119 e. The van der Waals surface area contributed by atoms with Gasteiger partial charge in [0.15, 0.2) is 0 Å². The average Bonchev–Trinajstić information content (AvgIpc) is 2.93. The third-order valence-corrected chi connectivity index (χ3v) is 4.31. The van der Waals surface area contributed by atoms with Crippen LogP contribution in [0.25, 0.3) is 0 Å². The highest BCUT2D eigenvalue weighted by Crippen LogP contribution is 2.28. The first-order chi connectivity index (χ1) is 10.2. The van der Waals surface area contributed by atoms with Crippen LogP contribution in [0, 0.1) is 0 Å². The summed E-state index contributed by atoms with van der Waals surface area (Å²) < 4.78 is 11.3. The van der Waals surface area contributed by atoms with Gasteiger partial charge in [0.1, 0.15) is 5.75 Å². The molecule has 1 heterocycles. The van der Waals surface area contributed by atoms with Gasteiger partial charge in [-0.15, -0.1) is 0 Å². The lowest BCUT2D eigenvalue weighted by Crippen LogP contribution is -2.42. The minimum absolute atomic E-state index is 0.222. The molecule has 4 nitrogen and oxygen atoms in total. The van der Waals surface area contributed by atoms with Crippen molar-refractivity contribution in [2.24, 2.45) is 5.73 Å². The Labute approximate surface area is 128 Å². The van der Waals surface area contributed by atoms with Gasteiger partial charge in [-0.1, -0.05) is 19.1 Å². The van der Waals surface area contributed by atoms with E-state index in [0.717, 1.165) is 31.8 Å². The van der Waals surface area contributed by atoms with Crippen LogP contribution in [0.2, 0.25) is 0 Å². The fourth-order valence-electron chi connectivity index (χ4n) is 3.03. The highest BCUT2D eigenvalue weighted by molar-refractivity contribution is 5.29. The monoisotopic (exact) mass is 292 g/mol. The molecule has 1 aromatic carbocycles. The maximum Gasteiger partial charge on any atom is 0.119 e. The molecule has 1 aliphatic heterocycles. The van der Waals surface area contributed by atoms with E-state index in [1.807, 2.05) is 12.1 Å². The van der Waals surface area contributed by atoms with Gasteiger partial charge in [0, 0.05) is 25.2 Å². The fourth-order valence-corrected chi connectivity index (χ4v) is 3.03. The van der Waals surface area contributed by atoms with Gasteiger partial charge in [0.05, 0.1) is 12.7 Å². The quantitative estimate of drug-likeness (QED) is 0.839. The van der Waals surface area contributed by atoms with Gasteiger partial charge in [-0.05, 0) is 44.5 Å². The number of hydrogen-bond acceptors (Lipinski definition) is 4. The molecule has 118 valence electrons. The molecule has 1 aromatic rings. The summed E-state index contributed by atoms with van der Waals surface area (Å²) in [6.45, 7) is 6.46. The molecule has 1 saturated heterocycles. The van der Waals surface area contributed by atoms with Gasteiger partial charge in [0.2, 0.25) is 0 Å². The molecule has 0 bridgehead atoms. The zero-order valence-electron chi connectivity index (χ0n) is 13.4. The third kappa shape index (κ3) is 3.96. The Morgan fingerprint density at radius 3 is 2.62 bits per heavy atom. The van der Waals surface area contributed by atoms with Crippen molar-refractivity contribution in [3.63, 3.8) is 0 Å². The second-order valence-corrected chi connectivity index (χ2v) is 5.77.